The van der Waals surface area contributed by atoms with Crippen molar-refractivity contribution in [2.45, 2.75) is 51.6 Å². The highest BCUT2D eigenvalue weighted by Gasteiger charge is 2.38. The maximum absolute atomic E-state index is 10.1. The van der Waals surface area contributed by atoms with Gasteiger partial charge in [0.05, 0.1) is 5.60 Å². The lowest BCUT2D eigenvalue weighted by atomic mass is 10.0. The lowest BCUT2D eigenvalue weighted by molar-refractivity contribution is -0.168. The Balaban J connectivity index is 2.75. The second kappa shape index (κ2) is 4.37. The van der Waals surface area contributed by atoms with Gasteiger partial charge in [0.1, 0.15) is 6.23 Å². The maximum atomic E-state index is 10.1. The van der Waals surface area contributed by atoms with Gasteiger partial charge >= 0.3 is 0 Å². The molecule has 0 aromatic heterocycles. The molecule has 1 heterocycles. The first-order valence-electron chi connectivity index (χ1n) is 5.60. The molecule has 90 valence electrons. The number of hydrogen-bond acceptors (Lipinski definition) is 4. The molecular weight excluding hydrogens is 192 g/mol. The van der Waals surface area contributed by atoms with Crippen LogP contribution in [0.2, 0.25) is 0 Å². The molecule has 0 radical (unpaired) electrons. The Morgan fingerprint density at radius 3 is 1.93 bits per heavy atom. The Kier molecular flexibility index (Phi) is 3.76. The Labute approximate surface area is 92.5 Å². The van der Waals surface area contributed by atoms with E-state index in [4.69, 9.17) is 0 Å². The van der Waals surface area contributed by atoms with E-state index in [-0.39, 0.29) is 12.1 Å². The van der Waals surface area contributed by atoms with Crippen molar-refractivity contribution < 1.29 is 10.2 Å². The topological polar surface area (TPSA) is 46.9 Å². The summed E-state index contributed by atoms with van der Waals surface area (Å²) in [6, 6.07) is 0.528. The predicted molar refractivity (Wildman–Crippen MR) is 60.6 cm³/mol. The van der Waals surface area contributed by atoms with Crippen LogP contribution in [0, 0.1) is 0 Å². The van der Waals surface area contributed by atoms with Crippen LogP contribution >= 0.6 is 0 Å². The van der Waals surface area contributed by atoms with Crippen LogP contribution in [0.4, 0.5) is 0 Å². The summed E-state index contributed by atoms with van der Waals surface area (Å²) in [6.45, 7) is 9.32. The molecular formula is C11H24N2O2. The van der Waals surface area contributed by atoms with Crippen LogP contribution in [0.5, 0.6) is 0 Å². The second-order valence-electron chi connectivity index (χ2n) is 5.39. The first kappa shape index (κ1) is 12.9. The van der Waals surface area contributed by atoms with Crippen LogP contribution in [-0.2, 0) is 0 Å². The van der Waals surface area contributed by atoms with Crippen molar-refractivity contribution >= 4 is 0 Å². The molecule has 0 aromatic rings. The minimum absolute atomic E-state index is 0.264. The maximum Gasteiger partial charge on any atom is 0.136 e. The van der Waals surface area contributed by atoms with E-state index in [0.717, 1.165) is 13.1 Å². The van der Waals surface area contributed by atoms with E-state index in [2.05, 4.69) is 25.8 Å². The number of hydrogen-bond donors (Lipinski definition) is 2. The molecule has 0 saturated carbocycles. The van der Waals surface area contributed by atoms with Gasteiger partial charge in [-0.3, -0.25) is 4.90 Å². The molecule has 0 aromatic carbocycles. The zero-order valence-corrected chi connectivity index (χ0v) is 10.4. The van der Waals surface area contributed by atoms with Gasteiger partial charge in [0.15, 0.2) is 0 Å². The fraction of sp³-hybridized carbons (Fsp3) is 1.00. The molecule has 0 amide bonds. The molecule has 4 heteroatoms. The molecule has 3 atom stereocenters. The summed E-state index contributed by atoms with van der Waals surface area (Å²) in [5, 5.41) is 19.9. The lowest BCUT2D eigenvalue weighted by Crippen LogP contribution is -2.63. The zero-order valence-electron chi connectivity index (χ0n) is 10.4. The van der Waals surface area contributed by atoms with E-state index in [1.807, 2.05) is 4.90 Å². The molecule has 1 aliphatic rings. The van der Waals surface area contributed by atoms with Crippen molar-refractivity contribution in [1.82, 2.24) is 9.80 Å². The number of piperazine rings is 1. The minimum atomic E-state index is -1.07. The van der Waals surface area contributed by atoms with Crippen LogP contribution in [0.15, 0.2) is 0 Å². The quantitative estimate of drug-likeness (QED) is 0.687. The summed E-state index contributed by atoms with van der Waals surface area (Å²) in [5.74, 6) is 0. The predicted octanol–water partition coefficient (Wildman–Crippen LogP) is 0.100. The fourth-order valence-electron chi connectivity index (χ4n) is 2.45. The Hall–Kier alpha value is -0.160. The summed E-state index contributed by atoms with van der Waals surface area (Å²) >= 11 is 0. The first-order chi connectivity index (χ1) is 6.73. The third-order valence-corrected chi connectivity index (χ3v) is 3.08. The summed E-state index contributed by atoms with van der Waals surface area (Å²) in [7, 11) is 2.08. The van der Waals surface area contributed by atoms with E-state index in [1.54, 1.807) is 13.8 Å². The van der Waals surface area contributed by atoms with Crippen LogP contribution in [0.25, 0.3) is 0 Å². The monoisotopic (exact) mass is 216 g/mol. The molecule has 1 rings (SSSR count). The van der Waals surface area contributed by atoms with E-state index in [0.29, 0.717) is 0 Å². The summed E-state index contributed by atoms with van der Waals surface area (Å²) < 4.78 is 0. The Morgan fingerprint density at radius 1 is 1.20 bits per heavy atom. The van der Waals surface area contributed by atoms with Gasteiger partial charge < -0.3 is 15.1 Å². The van der Waals surface area contributed by atoms with Gasteiger partial charge in [0, 0.05) is 25.2 Å². The third-order valence-electron chi connectivity index (χ3n) is 3.08. The lowest BCUT2D eigenvalue weighted by Gasteiger charge is -2.48. The van der Waals surface area contributed by atoms with Crippen LogP contribution in [-0.4, -0.2) is 64.1 Å². The summed E-state index contributed by atoms with van der Waals surface area (Å²) in [4.78, 5) is 4.25. The van der Waals surface area contributed by atoms with Gasteiger partial charge in [-0.15, -0.1) is 0 Å². The normalized spacial score (nSPS) is 33.0. The van der Waals surface area contributed by atoms with E-state index >= 15 is 0 Å². The number of nitrogens with zero attached hydrogens (tertiary/aromatic N) is 2. The summed E-state index contributed by atoms with van der Waals surface area (Å²) in [6.07, 6.45) is -0.795. The average molecular weight is 216 g/mol. The zero-order chi connectivity index (χ0) is 11.8. The smallest absolute Gasteiger partial charge is 0.136 e. The number of rotatable bonds is 2. The molecule has 0 aliphatic carbocycles. The highest BCUT2D eigenvalue weighted by Crippen LogP contribution is 2.22. The largest absolute Gasteiger partial charge is 0.386 e. The van der Waals surface area contributed by atoms with Gasteiger partial charge in [0.2, 0.25) is 0 Å². The highest BCUT2D eigenvalue weighted by molar-refractivity contribution is 4.89. The minimum Gasteiger partial charge on any atom is -0.386 e. The number of aliphatic hydroxyl groups excluding tert-OH is 1. The van der Waals surface area contributed by atoms with E-state index in [1.165, 1.54) is 0 Å². The van der Waals surface area contributed by atoms with Gasteiger partial charge in [-0.2, -0.15) is 0 Å². The van der Waals surface area contributed by atoms with Crippen LogP contribution in [0.1, 0.15) is 27.7 Å². The highest BCUT2D eigenvalue weighted by atomic mass is 16.4. The van der Waals surface area contributed by atoms with Crippen molar-refractivity contribution in [2.24, 2.45) is 0 Å². The van der Waals surface area contributed by atoms with Gasteiger partial charge in [-0.1, -0.05) is 0 Å². The Bertz CT molecular complexity index is 203. The molecule has 4 nitrogen and oxygen atoms in total. The van der Waals surface area contributed by atoms with Crippen molar-refractivity contribution in [3.05, 3.63) is 0 Å². The van der Waals surface area contributed by atoms with E-state index in [9.17, 15) is 10.2 Å². The van der Waals surface area contributed by atoms with E-state index < -0.39 is 11.8 Å². The molecule has 0 spiro atoms. The van der Waals surface area contributed by atoms with Crippen LogP contribution < -0.4 is 0 Å². The van der Waals surface area contributed by atoms with Crippen molar-refractivity contribution in [3.63, 3.8) is 0 Å². The van der Waals surface area contributed by atoms with Gasteiger partial charge in [0.25, 0.3) is 0 Å². The standard InChI is InChI=1S/C11H24N2O2/c1-8-6-12(5)7-9(2)13(8)10(14)11(3,4)15/h8-10,14-15H,6-7H2,1-5H3. The first-order valence-corrected chi connectivity index (χ1v) is 5.60. The third kappa shape index (κ3) is 2.91. The molecule has 2 N–H and O–H groups in total. The van der Waals surface area contributed by atoms with Crippen molar-refractivity contribution in [3.8, 4) is 0 Å². The number of aliphatic hydroxyl groups is 2. The summed E-state index contributed by atoms with van der Waals surface area (Å²) in [5.41, 5.74) is -1.07. The van der Waals surface area contributed by atoms with Crippen molar-refractivity contribution in [1.29, 1.82) is 0 Å². The molecule has 1 fully saturated rings. The molecule has 1 saturated heterocycles. The van der Waals surface area contributed by atoms with Gasteiger partial charge in [-0.25, -0.2) is 0 Å². The number of likely N-dealkylation sites (N-methyl/N-ethyl adjacent to an activating group) is 1. The fourth-order valence-corrected chi connectivity index (χ4v) is 2.45. The SMILES string of the molecule is CC1CN(C)CC(C)N1C(O)C(C)(C)O. The molecule has 0 bridgehead atoms. The molecule has 15 heavy (non-hydrogen) atoms. The average Bonchev–Trinajstić information content (AvgIpc) is 1.99. The van der Waals surface area contributed by atoms with Gasteiger partial charge in [-0.05, 0) is 34.7 Å². The molecule has 3 unspecified atom stereocenters. The van der Waals surface area contributed by atoms with Crippen molar-refractivity contribution in [2.75, 3.05) is 20.1 Å². The van der Waals surface area contributed by atoms with Crippen LogP contribution in [0.3, 0.4) is 0 Å². The molecule has 1 aliphatic heterocycles. The Morgan fingerprint density at radius 2 is 1.60 bits per heavy atom. The second-order valence-corrected chi connectivity index (χ2v) is 5.39.